The van der Waals surface area contributed by atoms with Crippen molar-refractivity contribution in [2.24, 2.45) is 0 Å². The average molecular weight is 262 g/mol. The topological polar surface area (TPSA) is 41.6 Å². The number of esters is 1. The third-order valence-corrected chi connectivity index (χ3v) is 3.75. The van der Waals surface area contributed by atoms with Crippen LogP contribution in [0.2, 0.25) is 0 Å². The third kappa shape index (κ3) is 3.78. The summed E-state index contributed by atoms with van der Waals surface area (Å²) in [5.41, 5.74) is 1.80. The van der Waals surface area contributed by atoms with Crippen LogP contribution in [0.5, 0.6) is 0 Å². The van der Waals surface area contributed by atoms with E-state index in [0.29, 0.717) is 11.6 Å². The van der Waals surface area contributed by atoms with E-state index in [4.69, 9.17) is 4.74 Å². The summed E-state index contributed by atoms with van der Waals surface area (Å²) in [6.45, 7) is 3.11. The van der Waals surface area contributed by atoms with Gasteiger partial charge in [0.2, 0.25) is 0 Å². The minimum absolute atomic E-state index is 0.268. The van der Waals surface area contributed by atoms with Crippen molar-refractivity contribution in [1.29, 1.82) is 0 Å². The van der Waals surface area contributed by atoms with Gasteiger partial charge >= 0.3 is 5.97 Å². The van der Waals surface area contributed by atoms with Crippen molar-refractivity contribution in [2.75, 3.05) is 27.2 Å². The van der Waals surface area contributed by atoms with Crippen LogP contribution in [0.4, 0.5) is 0 Å². The molecule has 0 bridgehead atoms. The predicted molar refractivity (Wildman–Crippen MR) is 75.1 cm³/mol. The molecule has 1 aliphatic heterocycles. The number of likely N-dealkylation sites (tertiary alicyclic amines) is 1. The molecule has 0 amide bonds. The minimum Gasteiger partial charge on any atom is -0.465 e. The molecule has 2 rings (SSSR count). The number of nitrogens with zero attached hydrogens (tertiary/aromatic N) is 1. The highest BCUT2D eigenvalue weighted by Crippen LogP contribution is 2.15. The number of carbonyl (C=O) groups is 1. The molecule has 4 heteroatoms. The van der Waals surface area contributed by atoms with Crippen LogP contribution in [0.1, 0.15) is 28.8 Å². The number of ether oxygens (including phenoxy) is 1. The number of hydrogen-bond acceptors (Lipinski definition) is 4. The lowest BCUT2D eigenvalue weighted by Crippen LogP contribution is -2.40. The van der Waals surface area contributed by atoms with Gasteiger partial charge in [-0.2, -0.15) is 0 Å². The lowest BCUT2D eigenvalue weighted by Gasteiger charge is -2.31. The van der Waals surface area contributed by atoms with Gasteiger partial charge in [-0.1, -0.05) is 12.1 Å². The molecule has 0 radical (unpaired) electrons. The second-order valence-electron chi connectivity index (χ2n) is 5.03. The van der Waals surface area contributed by atoms with E-state index in [0.717, 1.165) is 19.6 Å². The molecule has 0 saturated carbocycles. The van der Waals surface area contributed by atoms with Crippen LogP contribution in [0, 0.1) is 0 Å². The zero-order valence-electron chi connectivity index (χ0n) is 11.7. The molecule has 0 unspecified atom stereocenters. The van der Waals surface area contributed by atoms with Crippen molar-refractivity contribution in [2.45, 2.75) is 25.4 Å². The van der Waals surface area contributed by atoms with E-state index in [-0.39, 0.29) is 5.97 Å². The van der Waals surface area contributed by atoms with Gasteiger partial charge in [-0.15, -0.1) is 0 Å². The molecule has 4 nitrogen and oxygen atoms in total. The average Bonchev–Trinajstić information content (AvgIpc) is 2.47. The molecule has 1 saturated heterocycles. The number of carbonyl (C=O) groups excluding carboxylic acids is 1. The van der Waals surface area contributed by atoms with Crippen molar-refractivity contribution in [3.63, 3.8) is 0 Å². The normalized spacial score (nSPS) is 17.4. The highest BCUT2D eigenvalue weighted by molar-refractivity contribution is 5.89. The fraction of sp³-hybridized carbons (Fsp3) is 0.533. The lowest BCUT2D eigenvalue weighted by molar-refractivity contribution is 0.0600. The monoisotopic (exact) mass is 262 g/mol. The van der Waals surface area contributed by atoms with Gasteiger partial charge in [0.1, 0.15) is 0 Å². The predicted octanol–water partition coefficient (Wildman–Crippen LogP) is 1.66. The highest BCUT2D eigenvalue weighted by atomic mass is 16.5. The molecular formula is C15H22N2O2. The van der Waals surface area contributed by atoms with Crippen LogP contribution in [0.3, 0.4) is 0 Å². The Balaban J connectivity index is 1.94. The Morgan fingerprint density at radius 3 is 2.79 bits per heavy atom. The fourth-order valence-corrected chi connectivity index (χ4v) is 2.55. The first-order valence-electron chi connectivity index (χ1n) is 6.80. The highest BCUT2D eigenvalue weighted by Gasteiger charge is 2.17. The van der Waals surface area contributed by atoms with E-state index in [1.54, 1.807) is 6.07 Å². The van der Waals surface area contributed by atoms with Crippen LogP contribution in [-0.4, -0.2) is 44.2 Å². The van der Waals surface area contributed by atoms with Crippen molar-refractivity contribution in [3.8, 4) is 0 Å². The van der Waals surface area contributed by atoms with E-state index in [1.807, 2.05) is 19.2 Å². The first kappa shape index (κ1) is 14.0. The SMILES string of the molecule is CNC1CCN(Cc2cccc(C(=O)OC)c2)CC1. The van der Waals surface area contributed by atoms with Crippen molar-refractivity contribution >= 4 is 5.97 Å². The zero-order valence-corrected chi connectivity index (χ0v) is 11.7. The van der Waals surface area contributed by atoms with Crippen molar-refractivity contribution in [1.82, 2.24) is 10.2 Å². The van der Waals surface area contributed by atoms with E-state index in [9.17, 15) is 4.79 Å². The number of nitrogens with one attached hydrogen (secondary N) is 1. The maximum Gasteiger partial charge on any atom is 0.337 e. The molecule has 1 aromatic rings. The van der Waals surface area contributed by atoms with Gasteiger partial charge in [0.05, 0.1) is 12.7 Å². The van der Waals surface area contributed by atoms with Gasteiger partial charge in [-0.25, -0.2) is 4.79 Å². The fourth-order valence-electron chi connectivity index (χ4n) is 2.55. The molecule has 104 valence electrons. The van der Waals surface area contributed by atoms with Gasteiger partial charge in [0.25, 0.3) is 0 Å². The van der Waals surface area contributed by atoms with Gasteiger partial charge in [0, 0.05) is 12.6 Å². The largest absolute Gasteiger partial charge is 0.465 e. The van der Waals surface area contributed by atoms with Crippen LogP contribution in [0.15, 0.2) is 24.3 Å². The molecule has 1 aliphatic rings. The molecule has 0 aromatic heterocycles. The molecule has 1 N–H and O–H groups in total. The van der Waals surface area contributed by atoms with Crippen LogP contribution in [-0.2, 0) is 11.3 Å². The number of methoxy groups -OCH3 is 1. The zero-order chi connectivity index (χ0) is 13.7. The lowest BCUT2D eigenvalue weighted by atomic mass is 10.0. The summed E-state index contributed by atoms with van der Waals surface area (Å²) < 4.78 is 4.75. The summed E-state index contributed by atoms with van der Waals surface area (Å²) >= 11 is 0. The maximum atomic E-state index is 11.5. The molecule has 0 aliphatic carbocycles. The summed E-state index contributed by atoms with van der Waals surface area (Å²) in [5, 5.41) is 3.33. The summed E-state index contributed by atoms with van der Waals surface area (Å²) in [7, 11) is 3.44. The second kappa shape index (κ2) is 6.68. The Morgan fingerprint density at radius 1 is 1.42 bits per heavy atom. The van der Waals surface area contributed by atoms with E-state index in [1.165, 1.54) is 25.5 Å². The molecule has 0 atom stereocenters. The summed E-state index contributed by atoms with van der Waals surface area (Å²) in [5.74, 6) is -0.268. The van der Waals surface area contributed by atoms with Gasteiger partial charge < -0.3 is 10.1 Å². The third-order valence-electron chi connectivity index (χ3n) is 3.75. The molecule has 1 fully saturated rings. The molecule has 1 heterocycles. The van der Waals surface area contributed by atoms with E-state index in [2.05, 4.69) is 16.3 Å². The molecular weight excluding hydrogens is 240 g/mol. The summed E-state index contributed by atoms with van der Waals surface area (Å²) in [4.78, 5) is 13.9. The Bertz CT molecular complexity index is 426. The Hall–Kier alpha value is -1.39. The van der Waals surface area contributed by atoms with Crippen LogP contribution in [0.25, 0.3) is 0 Å². The van der Waals surface area contributed by atoms with Crippen LogP contribution < -0.4 is 5.32 Å². The van der Waals surface area contributed by atoms with E-state index >= 15 is 0 Å². The van der Waals surface area contributed by atoms with E-state index < -0.39 is 0 Å². The van der Waals surface area contributed by atoms with Gasteiger partial charge in [-0.3, -0.25) is 4.90 Å². The Labute approximate surface area is 114 Å². The number of rotatable bonds is 4. The standard InChI is InChI=1S/C15H22N2O2/c1-16-14-6-8-17(9-7-14)11-12-4-3-5-13(10-12)15(18)19-2/h3-5,10,14,16H,6-9,11H2,1-2H3. The number of benzene rings is 1. The molecule has 1 aromatic carbocycles. The maximum absolute atomic E-state index is 11.5. The smallest absolute Gasteiger partial charge is 0.337 e. The van der Waals surface area contributed by atoms with Gasteiger partial charge in [0.15, 0.2) is 0 Å². The minimum atomic E-state index is -0.268. The van der Waals surface area contributed by atoms with Crippen LogP contribution >= 0.6 is 0 Å². The van der Waals surface area contributed by atoms with Crippen molar-refractivity contribution in [3.05, 3.63) is 35.4 Å². The number of hydrogen-bond donors (Lipinski definition) is 1. The van der Waals surface area contributed by atoms with Gasteiger partial charge in [-0.05, 0) is 50.7 Å². The molecule has 19 heavy (non-hydrogen) atoms. The Kier molecular flexibility index (Phi) is 4.93. The van der Waals surface area contributed by atoms with Crippen molar-refractivity contribution < 1.29 is 9.53 Å². The summed E-state index contributed by atoms with van der Waals surface area (Å²) in [6, 6.07) is 8.36. The first-order valence-corrected chi connectivity index (χ1v) is 6.80. The first-order chi connectivity index (χ1) is 9.22. The quantitative estimate of drug-likeness (QED) is 0.838. The summed E-state index contributed by atoms with van der Waals surface area (Å²) in [6.07, 6.45) is 2.38. The molecule has 0 spiro atoms. The Morgan fingerprint density at radius 2 is 2.16 bits per heavy atom. The number of piperidine rings is 1. The second-order valence-corrected chi connectivity index (χ2v) is 5.03.